The average Bonchev–Trinajstić information content (AvgIpc) is 2.19. The van der Waals surface area contributed by atoms with Gasteiger partial charge >= 0.3 is 0 Å². The smallest absolute Gasteiger partial charge is 0.0453 e. The molecule has 0 saturated carbocycles. The van der Waals surface area contributed by atoms with Crippen LogP contribution in [0.2, 0.25) is 0 Å². The Morgan fingerprint density at radius 2 is 0.647 bits per heavy atom. The van der Waals surface area contributed by atoms with Crippen molar-refractivity contribution in [2.24, 2.45) is 17.8 Å². The normalized spacial score (nSPS) is 8.47. The zero-order valence-corrected chi connectivity index (χ0v) is 13.8. The molecular formula is C12H32O4Ti. The number of hydrogen-bond donors (Lipinski definition) is 3. The minimum Gasteiger partial charge on any atom is -0.412 e. The number of hydrogen-bond acceptors (Lipinski definition) is 3. The average molecular weight is 288 g/mol. The van der Waals surface area contributed by atoms with Gasteiger partial charge in [0.1, 0.15) is 0 Å². The molecule has 108 valence electrons. The van der Waals surface area contributed by atoms with Gasteiger partial charge in [-0.25, -0.2) is 0 Å². The predicted molar refractivity (Wildman–Crippen MR) is 69.4 cm³/mol. The minimum atomic E-state index is 0. The molecule has 4 nitrogen and oxygen atoms in total. The molecule has 0 rings (SSSR count). The summed E-state index contributed by atoms with van der Waals surface area (Å²) in [6, 6.07) is 0. The largest absolute Gasteiger partial charge is 0.412 e. The van der Waals surface area contributed by atoms with Crippen LogP contribution in [0.5, 0.6) is 0 Å². The first-order valence-electron chi connectivity index (χ1n) is 5.64. The second-order valence-corrected chi connectivity index (χ2v) is 4.73. The fourth-order valence-corrected chi connectivity index (χ4v) is 0. The molecule has 5 N–H and O–H groups in total. The molecule has 5 heteroatoms. The van der Waals surface area contributed by atoms with Gasteiger partial charge in [-0.1, -0.05) is 41.5 Å². The fraction of sp³-hybridized carbons (Fsp3) is 1.00. The quantitative estimate of drug-likeness (QED) is 0.678. The van der Waals surface area contributed by atoms with Crippen LogP contribution in [0.1, 0.15) is 41.5 Å². The summed E-state index contributed by atoms with van der Waals surface area (Å²) in [5.41, 5.74) is 0. The molecule has 0 bridgehead atoms. The Kier molecular flexibility index (Phi) is 45.6. The van der Waals surface area contributed by atoms with Crippen molar-refractivity contribution in [1.82, 2.24) is 0 Å². The maximum absolute atomic E-state index is 8.14. The molecule has 0 aliphatic rings. The molecule has 0 aromatic rings. The monoisotopic (exact) mass is 288 g/mol. The van der Waals surface area contributed by atoms with Crippen molar-refractivity contribution in [1.29, 1.82) is 0 Å². The van der Waals surface area contributed by atoms with Gasteiger partial charge in [0.05, 0.1) is 0 Å². The van der Waals surface area contributed by atoms with Crippen LogP contribution in [0.4, 0.5) is 0 Å². The Bertz CT molecular complexity index is 79.5. The van der Waals surface area contributed by atoms with Crippen LogP contribution in [0.3, 0.4) is 0 Å². The summed E-state index contributed by atoms with van der Waals surface area (Å²) in [6.45, 7) is 12.7. The molecule has 0 aliphatic heterocycles. The zero-order chi connectivity index (χ0) is 12.9. The first-order chi connectivity index (χ1) is 6.81. The molecule has 0 saturated heterocycles. The van der Waals surface area contributed by atoms with E-state index in [0.717, 1.165) is 0 Å². The van der Waals surface area contributed by atoms with Crippen molar-refractivity contribution in [3.8, 4) is 0 Å². The SMILES string of the molecule is CC(C)CO.CC(C)CO.CC(C)CO.O.[Ti]. The van der Waals surface area contributed by atoms with Crippen LogP contribution in [0, 0.1) is 17.8 Å². The van der Waals surface area contributed by atoms with Crippen molar-refractivity contribution >= 4 is 0 Å². The molecule has 0 atom stereocenters. The maximum atomic E-state index is 8.14. The van der Waals surface area contributed by atoms with Gasteiger partial charge in [-0.3, -0.25) is 0 Å². The van der Waals surface area contributed by atoms with Gasteiger partial charge in [-0.15, -0.1) is 0 Å². The molecule has 0 aromatic heterocycles. The van der Waals surface area contributed by atoms with Crippen LogP contribution >= 0.6 is 0 Å². The predicted octanol–water partition coefficient (Wildman–Crippen LogP) is 1.08. The van der Waals surface area contributed by atoms with Gasteiger partial charge in [-0.05, 0) is 17.8 Å². The second-order valence-electron chi connectivity index (χ2n) is 4.73. The third-order valence-electron chi connectivity index (χ3n) is 1.10. The van der Waals surface area contributed by atoms with E-state index in [4.69, 9.17) is 15.3 Å². The van der Waals surface area contributed by atoms with E-state index in [1.807, 2.05) is 41.5 Å². The number of aliphatic hydroxyl groups is 3. The Morgan fingerprint density at radius 1 is 0.588 bits per heavy atom. The van der Waals surface area contributed by atoms with Crippen molar-refractivity contribution < 1.29 is 42.5 Å². The van der Waals surface area contributed by atoms with E-state index in [1.54, 1.807) is 0 Å². The van der Waals surface area contributed by atoms with Gasteiger partial charge in [0.25, 0.3) is 0 Å². The molecule has 0 radical (unpaired) electrons. The van der Waals surface area contributed by atoms with E-state index in [2.05, 4.69) is 0 Å². The van der Waals surface area contributed by atoms with Crippen molar-refractivity contribution in [2.75, 3.05) is 19.8 Å². The van der Waals surface area contributed by atoms with E-state index < -0.39 is 0 Å². The summed E-state index contributed by atoms with van der Waals surface area (Å²) in [5, 5.41) is 24.4. The molecule has 0 spiro atoms. The van der Waals surface area contributed by atoms with Gasteiger partial charge in [-0.2, -0.15) is 0 Å². The Hall–Kier alpha value is 0.554. The first-order valence-corrected chi connectivity index (χ1v) is 5.64. The van der Waals surface area contributed by atoms with Crippen molar-refractivity contribution in [3.05, 3.63) is 0 Å². The summed E-state index contributed by atoms with van der Waals surface area (Å²) in [6.07, 6.45) is 0. The van der Waals surface area contributed by atoms with Crippen LogP contribution in [-0.4, -0.2) is 40.6 Å². The van der Waals surface area contributed by atoms with Crippen LogP contribution in [0.25, 0.3) is 0 Å². The van der Waals surface area contributed by atoms with E-state index in [9.17, 15) is 0 Å². The van der Waals surface area contributed by atoms with Crippen LogP contribution in [0.15, 0.2) is 0 Å². The zero-order valence-electron chi connectivity index (χ0n) is 12.2. The third-order valence-corrected chi connectivity index (χ3v) is 1.10. The summed E-state index contributed by atoms with van der Waals surface area (Å²) in [5.74, 6) is 1.32. The van der Waals surface area contributed by atoms with Crippen LogP contribution in [-0.2, 0) is 21.7 Å². The first kappa shape index (κ1) is 30.5. The molecule has 0 amide bonds. The second kappa shape index (κ2) is 25.4. The molecule has 0 aliphatic carbocycles. The van der Waals surface area contributed by atoms with Gasteiger partial charge < -0.3 is 20.8 Å². The van der Waals surface area contributed by atoms with E-state index in [-0.39, 0.29) is 27.2 Å². The standard InChI is InChI=1S/3C4H10O.H2O.Ti/c3*1-4(2)3-5;;/h3*4-5H,3H2,1-2H3;1H2;. The molecular weight excluding hydrogens is 256 g/mol. The third kappa shape index (κ3) is 81.6. The Balaban J connectivity index is -0.0000000400. The summed E-state index contributed by atoms with van der Waals surface area (Å²) < 4.78 is 0. The van der Waals surface area contributed by atoms with Gasteiger partial charge in [0, 0.05) is 41.5 Å². The molecule has 0 fully saturated rings. The Morgan fingerprint density at radius 3 is 0.647 bits per heavy atom. The van der Waals surface area contributed by atoms with E-state index >= 15 is 0 Å². The molecule has 0 unspecified atom stereocenters. The van der Waals surface area contributed by atoms with Gasteiger partial charge in [0.15, 0.2) is 0 Å². The summed E-state index contributed by atoms with van der Waals surface area (Å²) >= 11 is 0. The van der Waals surface area contributed by atoms with Gasteiger partial charge in [0.2, 0.25) is 0 Å². The maximum Gasteiger partial charge on any atom is 0.0453 e. The number of rotatable bonds is 3. The Labute approximate surface area is 122 Å². The van der Waals surface area contributed by atoms with E-state index in [1.165, 1.54) is 0 Å². The topological polar surface area (TPSA) is 92.2 Å². The minimum absolute atomic E-state index is 0. The van der Waals surface area contributed by atoms with E-state index in [0.29, 0.717) is 37.6 Å². The molecule has 0 heterocycles. The molecule has 0 aromatic carbocycles. The fourth-order valence-electron chi connectivity index (χ4n) is 0. The summed E-state index contributed by atoms with van der Waals surface area (Å²) in [7, 11) is 0. The van der Waals surface area contributed by atoms with Crippen LogP contribution < -0.4 is 0 Å². The van der Waals surface area contributed by atoms with Crippen molar-refractivity contribution in [3.63, 3.8) is 0 Å². The number of aliphatic hydroxyl groups excluding tert-OH is 3. The molecule has 17 heavy (non-hydrogen) atoms. The van der Waals surface area contributed by atoms with Crippen molar-refractivity contribution in [2.45, 2.75) is 41.5 Å². The summed E-state index contributed by atoms with van der Waals surface area (Å²) in [4.78, 5) is 0.